The molecule has 4 nitrogen and oxygen atoms in total. The lowest BCUT2D eigenvalue weighted by molar-refractivity contribution is -0.126. The van der Waals surface area contributed by atoms with Crippen molar-refractivity contribution in [2.45, 2.75) is 19.4 Å². The first-order chi connectivity index (χ1) is 9.04. The van der Waals surface area contributed by atoms with Crippen LogP contribution in [0, 0.1) is 0 Å². The molecule has 0 aromatic heterocycles. The number of hydrogen-bond donors (Lipinski definition) is 1. The van der Waals surface area contributed by atoms with Crippen LogP contribution in [0.15, 0.2) is 36.9 Å². The second kappa shape index (κ2) is 7.59. The number of nitrogens with one attached hydrogen (secondary N) is 1. The molecular weight excluding hydrogens is 240 g/mol. The average molecular weight is 262 g/mol. The molecule has 0 bridgehead atoms. The smallest absolute Gasteiger partial charge is 0.253 e. The Morgan fingerprint density at radius 3 is 2.58 bits per heavy atom. The van der Waals surface area contributed by atoms with E-state index in [4.69, 9.17) is 4.74 Å². The van der Waals surface area contributed by atoms with Crippen LogP contribution in [-0.2, 0) is 9.53 Å². The number of rotatable bonds is 7. The summed E-state index contributed by atoms with van der Waals surface area (Å²) >= 11 is 0. The SMILES string of the molecule is C=CCCOC(C)C(=O)Nc1ccc(N(C)C)cc1. The molecule has 1 atom stereocenters. The maximum absolute atomic E-state index is 11.9. The summed E-state index contributed by atoms with van der Waals surface area (Å²) in [6.45, 7) is 5.86. The molecule has 0 aliphatic rings. The molecule has 1 amide bonds. The highest BCUT2D eigenvalue weighted by Gasteiger charge is 2.12. The van der Waals surface area contributed by atoms with Crippen molar-refractivity contribution in [2.24, 2.45) is 0 Å². The second-order valence-electron chi connectivity index (χ2n) is 4.52. The van der Waals surface area contributed by atoms with E-state index in [0.717, 1.165) is 17.8 Å². The lowest BCUT2D eigenvalue weighted by Crippen LogP contribution is -2.28. The molecule has 0 saturated heterocycles. The molecule has 104 valence electrons. The van der Waals surface area contributed by atoms with Gasteiger partial charge in [0.15, 0.2) is 0 Å². The van der Waals surface area contributed by atoms with Gasteiger partial charge in [0.1, 0.15) is 6.10 Å². The number of ether oxygens (including phenoxy) is 1. The zero-order valence-corrected chi connectivity index (χ0v) is 11.8. The van der Waals surface area contributed by atoms with Gasteiger partial charge in [0.25, 0.3) is 5.91 Å². The summed E-state index contributed by atoms with van der Waals surface area (Å²) < 4.78 is 5.39. The first-order valence-electron chi connectivity index (χ1n) is 6.35. The summed E-state index contributed by atoms with van der Waals surface area (Å²) in [6, 6.07) is 7.67. The summed E-state index contributed by atoms with van der Waals surface area (Å²) in [5.74, 6) is -0.137. The highest BCUT2D eigenvalue weighted by atomic mass is 16.5. The number of amides is 1. The van der Waals surface area contributed by atoms with Crippen molar-refractivity contribution < 1.29 is 9.53 Å². The van der Waals surface area contributed by atoms with Crippen LogP contribution in [0.1, 0.15) is 13.3 Å². The number of benzene rings is 1. The van der Waals surface area contributed by atoms with Crippen LogP contribution in [0.5, 0.6) is 0 Å². The minimum atomic E-state index is -0.464. The predicted molar refractivity (Wildman–Crippen MR) is 79.6 cm³/mol. The number of carbonyl (C=O) groups is 1. The molecule has 0 aliphatic carbocycles. The van der Waals surface area contributed by atoms with Crippen LogP contribution in [0.25, 0.3) is 0 Å². The normalized spacial score (nSPS) is 11.7. The molecule has 0 spiro atoms. The molecule has 0 fully saturated rings. The van der Waals surface area contributed by atoms with Gasteiger partial charge in [0, 0.05) is 25.5 Å². The number of hydrogen-bond acceptors (Lipinski definition) is 3. The molecule has 4 heteroatoms. The Balaban J connectivity index is 2.49. The topological polar surface area (TPSA) is 41.6 Å². The molecule has 0 saturated carbocycles. The van der Waals surface area contributed by atoms with Crippen molar-refractivity contribution in [3.8, 4) is 0 Å². The van der Waals surface area contributed by atoms with Gasteiger partial charge in [-0.15, -0.1) is 6.58 Å². The van der Waals surface area contributed by atoms with E-state index < -0.39 is 6.10 Å². The van der Waals surface area contributed by atoms with E-state index in [-0.39, 0.29) is 5.91 Å². The van der Waals surface area contributed by atoms with Gasteiger partial charge >= 0.3 is 0 Å². The van der Waals surface area contributed by atoms with E-state index in [9.17, 15) is 4.79 Å². The average Bonchev–Trinajstić information content (AvgIpc) is 2.39. The van der Waals surface area contributed by atoms with Crippen molar-refractivity contribution >= 4 is 17.3 Å². The van der Waals surface area contributed by atoms with Crippen LogP contribution >= 0.6 is 0 Å². The molecule has 19 heavy (non-hydrogen) atoms. The summed E-state index contributed by atoms with van der Waals surface area (Å²) in [4.78, 5) is 13.9. The van der Waals surface area contributed by atoms with E-state index in [1.165, 1.54) is 0 Å². The summed E-state index contributed by atoms with van der Waals surface area (Å²) in [5.41, 5.74) is 1.86. The molecule has 0 aliphatic heterocycles. The zero-order valence-electron chi connectivity index (χ0n) is 11.8. The van der Waals surface area contributed by atoms with Crippen LogP contribution in [0.3, 0.4) is 0 Å². The molecule has 1 N–H and O–H groups in total. The maximum Gasteiger partial charge on any atom is 0.253 e. The maximum atomic E-state index is 11.9. The molecule has 1 unspecified atom stereocenters. The molecule has 1 aromatic rings. The number of nitrogens with zero attached hydrogens (tertiary/aromatic N) is 1. The van der Waals surface area contributed by atoms with E-state index in [1.807, 2.05) is 43.3 Å². The summed E-state index contributed by atoms with van der Waals surface area (Å²) in [6.07, 6.45) is 2.05. The predicted octanol–water partition coefficient (Wildman–Crippen LogP) is 2.67. The Hall–Kier alpha value is -1.81. The molecule has 1 aromatic carbocycles. The van der Waals surface area contributed by atoms with Crippen molar-refractivity contribution in [3.63, 3.8) is 0 Å². The Labute approximate surface area is 115 Å². The monoisotopic (exact) mass is 262 g/mol. The van der Waals surface area contributed by atoms with E-state index in [2.05, 4.69) is 11.9 Å². The lowest BCUT2D eigenvalue weighted by atomic mass is 10.2. The molecule has 1 rings (SSSR count). The Kier molecular flexibility index (Phi) is 6.09. The quantitative estimate of drug-likeness (QED) is 0.607. The van der Waals surface area contributed by atoms with Crippen molar-refractivity contribution in [1.29, 1.82) is 0 Å². The fourth-order valence-electron chi connectivity index (χ4n) is 1.49. The first-order valence-corrected chi connectivity index (χ1v) is 6.35. The fourth-order valence-corrected chi connectivity index (χ4v) is 1.49. The Morgan fingerprint density at radius 2 is 2.05 bits per heavy atom. The van der Waals surface area contributed by atoms with Crippen LogP contribution in [-0.4, -0.2) is 32.7 Å². The van der Waals surface area contributed by atoms with Gasteiger partial charge in [-0.05, 0) is 37.6 Å². The standard InChI is InChI=1S/C15H22N2O2/c1-5-6-11-19-12(2)15(18)16-13-7-9-14(10-8-13)17(3)4/h5,7-10,12H,1,6,11H2,2-4H3,(H,16,18). The van der Waals surface area contributed by atoms with Crippen LogP contribution in [0.4, 0.5) is 11.4 Å². The van der Waals surface area contributed by atoms with Crippen LogP contribution in [0.2, 0.25) is 0 Å². The Morgan fingerprint density at radius 1 is 1.42 bits per heavy atom. The highest BCUT2D eigenvalue weighted by molar-refractivity contribution is 5.94. The van der Waals surface area contributed by atoms with E-state index in [1.54, 1.807) is 13.0 Å². The summed E-state index contributed by atoms with van der Waals surface area (Å²) in [5, 5.41) is 2.83. The van der Waals surface area contributed by atoms with Gasteiger partial charge in [0.05, 0.1) is 6.61 Å². The molecule has 0 heterocycles. The zero-order chi connectivity index (χ0) is 14.3. The lowest BCUT2D eigenvalue weighted by Gasteiger charge is -2.15. The molecule has 0 radical (unpaired) electrons. The van der Waals surface area contributed by atoms with Gasteiger partial charge in [-0.3, -0.25) is 4.79 Å². The van der Waals surface area contributed by atoms with Crippen LogP contribution < -0.4 is 10.2 Å². The van der Waals surface area contributed by atoms with Gasteiger partial charge in [0.2, 0.25) is 0 Å². The summed E-state index contributed by atoms with van der Waals surface area (Å²) in [7, 11) is 3.95. The molecular formula is C15H22N2O2. The van der Waals surface area contributed by atoms with Gasteiger partial charge in [-0.25, -0.2) is 0 Å². The van der Waals surface area contributed by atoms with Gasteiger partial charge < -0.3 is 15.0 Å². The van der Waals surface area contributed by atoms with Crippen molar-refractivity contribution in [3.05, 3.63) is 36.9 Å². The minimum Gasteiger partial charge on any atom is -0.378 e. The Bertz CT molecular complexity index is 413. The third-order valence-corrected chi connectivity index (χ3v) is 2.71. The third-order valence-electron chi connectivity index (χ3n) is 2.71. The highest BCUT2D eigenvalue weighted by Crippen LogP contribution is 2.15. The minimum absolute atomic E-state index is 0.137. The largest absolute Gasteiger partial charge is 0.378 e. The van der Waals surface area contributed by atoms with E-state index >= 15 is 0 Å². The van der Waals surface area contributed by atoms with Gasteiger partial charge in [-0.1, -0.05) is 6.08 Å². The van der Waals surface area contributed by atoms with Crippen molar-refractivity contribution in [2.75, 3.05) is 30.9 Å². The second-order valence-corrected chi connectivity index (χ2v) is 4.52. The number of anilines is 2. The fraction of sp³-hybridized carbons (Fsp3) is 0.400. The number of carbonyl (C=O) groups excluding carboxylic acids is 1. The van der Waals surface area contributed by atoms with Crippen molar-refractivity contribution in [1.82, 2.24) is 0 Å². The third kappa shape index (κ3) is 5.14. The van der Waals surface area contributed by atoms with Gasteiger partial charge in [-0.2, -0.15) is 0 Å². The van der Waals surface area contributed by atoms with E-state index in [0.29, 0.717) is 6.61 Å². The first kappa shape index (κ1) is 15.2.